The lowest BCUT2D eigenvalue weighted by atomic mass is 9.68. The van der Waals surface area contributed by atoms with Gasteiger partial charge >= 0.3 is 0 Å². The van der Waals surface area contributed by atoms with Gasteiger partial charge in [-0.25, -0.2) is 0 Å². The van der Waals surface area contributed by atoms with E-state index in [2.05, 4.69) is 10.2 Å². The Bertz CT molecular complexity index is 510. The van der Waals surface area contributed by atoms with Gasteiger partial charge in [-0.2, -0.15) is 0 Å². The second kappa shape index (κ2) is 5.42. The van der Waals surface area contributed by atoms with Crippen molar-refractivity contribution >= 4 is 17.5 Å². The molecule has 0 aromatic carbocycles. The number of ether oxygens (including phenoxy) is 1. The van der Waals surface area contributed by atoms with Gasteiger partial charge in [0.25, 0.3) is 0 Å². The van der Waals surface area contributed by atoms with Crippen LogP contribution in [0.2, 0.25) is 0 Å². The van der Waals surface area contributed by atoms with Gasteiger partial charge in [-0.15, -0.1) is 0 Å². The van der Waals surface area contributed by atoms with Gasteiger partial charge in [0, 0.05) is 32.1 Å². The Hall–Kier alpha value is -1.27. The van der Waals surface area contributed by atoms with Crippen molar-refractivity contribution in [2.24, 2.45) is 16.7 Å². The van der Waals surface area contributed by atoms with E-state index < -0.39 is 16.6 Å². The molecule has 0 radical (unpaired) electrons. The summed E-state index contributed by atoms with van der Waals surface area (Å²) in [5.41, 5.74) is -1.70. The molecular formula is C16H24N2O4. The van der Waals surface area contributed by atoms with Gasteiger partial charge in [0.15, 0.2) is 0 Å². The highest BCUT2D eigenvalue weighted by Gasteiger charge is 2.72. The lowest BCUT2D eigenvalue weighted by Gasteiger charge is -2.34. The fourth-order valence-electron chi connectivity index (χ4n) is 4.39. The largest absolute Gasteiger partial charge is 0.379 e. The number of carbonyl (C=O) groups is 3. The van der Waals surface area contributed by atoms with E-state index in [4.69, 9.17) is 4.74 Å². The molecule has 2 saturated carbocycles. The van der Waals surface area contributed by atoms with Crippen LogP contribution in [0.25, 0.3) is 0 Å². The van der Waals surface area contributed by atoms with E-state index in [1.165, 1.54) is 0 Å². The summed E-state index contributed by atoms with van der Waals surface area (Å²) < 4.78 is 5.29. The first kappa shape index (κ1) is 15.6. The van der Waals surface area contributed by atoms with E-state index in [0.29, 0.717) is 19.4 Å². The van der Waals surface area contributed by atoms with Crippen LogP contribution in [-0.4, -0.2) is 61.8 Å². The fourth-order valence-corrected chi connectivity index (χ4v) is 4.39. The Morgan fingerprint density at radius 1 is 1.32 bits per heavy atom. The molecule has 3 aliphatic rings. The molecule has 2 atom stereocenters. The quantitative estimate of drug-likeness (QED) is 0.585. The Kier molecular flexibility index (Phi) is 3.85. The predicted octanol–water partition coefficient (Wildman–Crippen LogP) is 0.00920. The van der Waals surface area contributed by atoms with Crippen LogP contribution in [0.1, 0.15) is 26.7 Å². The summed E-state index contributed by atoms with van der Waals surface area (Å²) in [4.78, 5) is 39.4. The summed E-state index contributed by atoms with van der Waals surface area (Å²) >= 11 is 0. The number of Topliss-reactive ketones (excluding diaryl/α,β-unsaturated/α-hetero) is 2. The number of hydrogen-bond donors (Lipinski definition) is 1. The summed E-state index contributed by atoms with van der Waals surface area (Å²) in [6, 6.07) is 0. The van der Waals surface area contributed by atoms with Crippen LogP contribution in [-0.2, 0) is 19.1 Å². The molecule has 22 heavy (non-hydrogen) atoms. The molecule has 6 nitrogen and oxygen atoms in total. The number of nitrogens with one attached hydrogen (secondary N) is 1. The average molecular weight is 308 g/mol. The Balaban J connectivity index is 1.64. The minimum atomic E-state index is -1.14. The molecule has 2 unspecified atom stereocenters. The number of ketones is 2. The van der Waals surface area contributed by atoms with Crippen LogP contribution in [0.3, 0.4) is 0 Å². The monoisotopic (exact) mass is 308 g/mol. The first-order chi connectivity index (χ1) is 10.4. The molecular weight excluding hydrogens is 284 g/mol. The average Bonchev–Trinajstić information content (AvgIpc) is 2.85. The van der Waals surface area contributed by atoms with Gasteiger partial charge in [-0.3, -0.25) is 19.3 Å². The Morgan fingerprint density at radius 3 is 2.59 bits per heavy atom. The topological polar surface area (TPSA) is 75.7 Å². The molecule has 1 N–H and O–H groups in total. The van der Waals surface area contributed by atoms with E-state index >= 15 is 0 Å². The van der Waals surface area contributed by atoms with Crippen molar-refractivity contribution in [2.75, 3.05) is 39.4 Å². The van der Waals surface area contributed by atoms with Crippen molar-refractivity contribution in [1.82, 2.24) is 10.2 Å². The van der Waals surface area contributed by atoms with E-state index in [1.807, 2.05) is 13.8 Å². The minimum absolute atomic E-state index is 0.260. The maximum absolute atomic E-state index is 12.7. The smallest absolute Gasteiger partial charge is 0.234 e. The second-order valence-electron chi connectivity index (χ2n) is 7.12. The Labute approximate surface area is 130 Å². The van der Waals surface area contributed by atoms with E-state index in [-0.39, 0.29) is 17.6 Å². The third kappa shape index (κ3) is 2.04. The number of rotatable bonds is 4. The fraction of sp³-hybridized carbons (Fsp3) is 0.812. The highest BCUT2D eigenvalue weighted by Crippen LogP contribution is 2.62. The standard InChI is InChI=1S/C16H24N2O4/c1-15(2)11-3-4-16(15,13(20)12(11)19)14(21)17-5-6-18-7-9-22-10-8-18/h11H,3-10H2,1-2H3,(H,17,21). The van der Waals surface area contributed by atoms with Crippen LogP contribution in [0.5, 0.6) is 0 Å². The zero-order chi connectivity index (χ0) is 16.0. The molecule has 3 rings (SSSR count). The van der Waals surface area contributed by atoms with Crippen molar-refractivity contribution < 1.29 is 19.1 Å². The summed E-state index contributed by atoms with van der Waals surface area (Å²) in [5, 5.41) is 2.90. The van der Waals surface area contributed by atoms with Gasteiger partial charge in [0.1, 0.15) is 5.41 Å². The number of amides is 1. The predicted molar refractivity (Wildman–Crippen MR) is 79.2 cm³/mol. The van der Waals surface area contributed by atoms with Gasteiger partial charge in [0.2, 0.25) is 17.5 Å². The lowest BCUT2D eigenvalue weighted by Crippen LogP contribution is -2.52. The summed E-state index contributed by atoms with van der Waals surface area (Å²) in [5.74, 6) is -1.37. The van der Waals surface area contributed by atoms with Crippen LogP contribution in [0.15, 0.2) is 0 Å². The second-order valence-corrected chi connectivity index (χ2v) is 7.12. The molecule has 0 aromatic rings. The zero-order valence-electron chi connectivity index (χ0n) is 13.3. The molecule has 2 bridgehead atoms. The normalized spacial score (nSPS) is 34.2. The third-order valence-corrected chi connectivity index (χ3v) is 5.91. The molecule has 3 fully saturated rings. The lowest BCUT2D eigenvalue weighted by molar-refractivity contribution is -0.149. The number of carbonyl (C=O) groups excluding carboxylic acids is 3. The molecule has 122 valence electrons. The first-order valence-corrected chi connectivity index (χ1v) is 8.08. The van der Waals surface area contributed by atoms with Crippen molar-refractivity contribution in [1.29, 1.82) is 0 Å². The van der Waals surface area contributed by atoms with Gasteiger partial charge in [-0.1, -0.05) is 13.8 Å². The minimum Gasteiger partial charge on any atom is -0.379 e. The summed E-state index contributed by atoms with van der Waals surface area (Å²) in [7, 11) is 0. The van der Waals surface area contributed by atoms with Crippen LogP contribution in [0.4, 0.5) is 0 Å². The Morgan fingerprint density at radius 2 is 2.00 bits per heavy atom. The van der Waals surface area contributed by atoms with Gasteiger partial charge < -0.3 is 10.1 Å². The third-order valence-electron chi connectivity index (χ3n) is 5.91. The van der Waals surface area contributed by atoms with Crippen molar-refractivity contribution in [3.05, 3.63) is 0 Å². The molecule has 0 spiro atoms. The van der Waals surface area contributed by atoms with Gasteiger partial charge in [0.05, 0.1) is 13.2 Å². The van der Waals surface area contributed by atoms with Crippen LogP contribution in [0, 0.1) is 16.7 Å². The first-order valence-electron chi connectivity index (χ1n) is 8.08. The zero-order valence-corrected chi connectivity index (χ0v) is 13.3. The number of nitrogens with zero attached hydrogens (tertiary/aromatic N) is 1. The molecule has 1 heterocycles. The molecule has 1 saturated heterocycles. The molecule has 2 aliphatic carbocycles. The van der Waals surface area contributed by atoms with Crippen molar-refractivity contribution in [3.8, 4) is 0 Å². The molecule has 1 amide bonds. The molecule has 6 heteroatoms. The molecule has 0 aromatic heterocycles. The number of fused-ring (bicyclic) bond motifs is 2. The summed E-state index contributed by atoms with van der Waals surface area (Å²) in [6.45, 7) is 8.20. The SMILES string of the molecule is CC1(C)C2CCC1(C(=O)NCCN1CCOCC1)C(=O)C2=O. The van der Waals surface area contributed by atoms with Crippen molar-refractivity contribution in [2.45, 2.75) is 26.7 Å². The molecule has 1 aliphatic heterocycles. The highest BCUT2D eigenvalue weighted by atomic mass is 16.5. The van der Waals surface area contributed by atoms with E-state index in [1.54, 1.807) is 0 Å². The highest BCUT2D eigenvalue weighted by molar-refractivity contribution is 6.47. The number of hydrogen-bond acceptors (Lipinski definition) is 5. The number of morpholine rings is 1. The van der Waals surface area contributed by atoms with E-state index in [0.717, 1.165) is 32.8 Å². The van der Waals surface area contributed by atoms with Crippen molar-refractivity contribution in [3.63, 3.8) is 0 Å². The summed E-state index contributed by atoms with van der Waals surface area (Å²) in [6.07, 6.45) is 1.15. The van der Waals surface area contributed by atoms with E-state index in [9.17, 15) is 14.4 Å². The maximum Gasteiger partial charge on any atom is 0.234 e. The van der Waals surface area contributed by atoms with Gasteiger partial charge in [-0.05, 0) is 18.3 Å². The van der Waals surface area contributed by atoms with Crippen LogP contribution >= 0.6 is 0 Å². The van der Waals surface area contributed by atoms with Crippen LogP contribution < -0.4 is 5.32 Å². The maximum atomic E-state index is 12.7.